The van der Waals surface area contributed by atoms with E-state index in [1.807, 2.05) is 0 Å². The van der Waals surface area contributed by atoms with Gasteiger partial charge in [0.25, 0.3) is 11.8 Å². The summed E-state index contributed by atoms with van der Waals surface area (Å²) >= 11 is 5.79. The highest BCUT2D eigenvalue weighted by Gasteiger charge is 2.41. The molecule has 0 aromatic carbocycles. The number of ether oxygens (including phenoxy) is 1. The van der Waals surface area contributed by atoms with Gasteiger partial charge in [-0.3, -0.25) is 19.5 Å². The van der Waals surface area contributed by atoms with Gasteiger partial charge < -0.3 is 10.1 Å². The first kappa shape index (κ1) is 15.9. The number of rotatable bonds is 4. The molecule has 3 heterocycles. The molecule has 0 radical (unpaired) electrons. The minimum atomic E-state index is -1.56. The van der Waals surface area contributed by atoms with Crippen LogP contribution in [0.2, 0.25) is 5.02 Å². The monoisotopic (exact) mass is 339 g/mol. The van der Waals surface area contributed by atoms with E-state index in [2.05, 4.69) is 10.3 Å². The largest absolute Gasteiger partial charge is 0.450 e. The zero-order chi connectivity index (χ0) is 16.4. The molecule has 23 heavy (non-hydrogen) atoms. The summed E-state index contributed by atoms with van der Waals surface area (Å²) in [4.78, 5) is 29.0. The zero-order valence-corrected chi connectivity index (χ0v) is 13.0. The first-order valence-electron chi connectivity index (χ1n) is 7.22. The van der Waals surface area contributed by atoms with Crippen molar-refractivity contribution in [3.63, 3.8) is 0 Å². The summed E-state index contributed by atoms with van der Waals surface area (Å²) in [7, 11) is 0. The summed E-state index contributed by atoms with van der Waals surface area (Å²) < 4.78 is 20.1. The van der Waals surface area contributed by atoms with Crippen molar-refractivity contribution in [3.8, 4) is 5.75 Å². The van der Waals surface area contributed by atoms with Crippen LogP contribution in [-0.2, 0) is 9.59 Å². The van der Waals surface area contributed by atoms with Crippen LogP contribution in [0.4, 0.5) is 4.39 Å². The lowest BCUT2D eigenvalue weighted by Crippen LogP contribution is -2.49. The molecule has 8 heteroatoms. The lowest BCUT2D eigenvalue weighted by Gasteiger charge is -2.32. The van der Waals surface area contributed by atoms with Gasteiger partial charge in [-0.2, -0.15) is 0 Å². The predicted molar refractivity (Wildman–Crippen MR) is 80.6 cm³/mol. The van der Waals surface area contributed by atoms with E-state index in [0.717, 1.165) is 11.0 Å². The summed E-state index contributed by atoms with van der Waals surface area (Å²) in [6, 6.07) is 1.47. The average Bonchev–Trinajstić information content (AvgIpc) is 2.75. The number of hydrogen-bond donors (Lipinski definition) is 1. The Balaban J connectivity index is 1.70. The summed E-state index contributed by atoms with van der Waals surface area (Å²) in [5, 5.41) is 3.39. The highest BCUT2D eigenvalue weighted by Crippen LogP contribution is 2.28. The number of piperidine rings is 1. The van der Waals surface area contributed by atoms with Crippen LogP contribution in [0.1, 0.15) is 12.8 Å². The average molecular weight is 340 g/mol. The molecule has 122 valence electrons. The van der Waals surface area contributed by atoms with Crippen molar-refractivity contribution in [1.29, 1.82) is 0 Å². The van der Waals surface area contributed by atoms with Gasteiger partial charge in [0, 0.05) is 12.3 Å². The molecule has 1 N–H and O–H groups in total. The molecular weight excluding hydrogens is 325 g/mol. The van der Waals surface area contributed by atoms with E-state index in [1.54, 1.807) is 0 Å². The number of carbonyl (C=O) groups is 2. The lowest BCUT2D eigenvalue weighted by molar-refractivity contribution is -0.141. The molecule has 1 aromatic heterocycles. The van der Waals surface area contributed by atoms with E-state index in [4.69, 9.17) is 16.3 Å². The second-order valence-electron chi connectivity index (χ2n) is 5.58. The molecule has 0 saturated carbocycles. The van der Waals surface area contributed by atoms with Gasteiger partial charge in [-0.25, -0.2) is 4.39 Å². The van der Waals surface area contributed by atoms with Gasteiger partial charge in [0.2, 0.25) is 0 Å². The number of alkyl halides is 1. The third-order valence-electron chi connectivity index (χ3n) is 3.83. The standard InChI is InChI=1S/C15H15ClFN3O3/c16-10-5-11(8-19-7-10)23-12-6-13(21)20(14(12)22)9-15(17)1-3-18-4-2-15/h5-8,18H,1-4,9H2. The molecule has 1 fully saturated rings. The second-order valence-corrected chi connectivity index (χ2v) is 6.02. The maximum Gasteiger partial charge on any atom is 0.296 e. The third kappa shape index (κ3) is 3.51. The van der Waals surface area contributed by atoms with Gasteiger partial charge in [0.1, 0.15) is 11.4 Å². The summed E-state index contributed by atoms with van der Waals surface area (Å²) in [6.45, 7) is 0.791. The third-order valence-corrected chi connectivity index (χ3v) is 4.03. The van der Waals surface area contributed by atoms with Crippen LogP contribution in [0.5, 0.6) is 5.75 Å². The molecule has 3 rings (SSSR count). The maximum atomic E-state index is 14.7. The zero-order valence-electron chi connectivity index (χ0n) is 12.2. The fraction of sp³-hybridized carbons (Fsp3) is 0.400. The molecule has 1 aromatic rings. The molecule has 0 aliphatic carbocycles. The highest BCUT2D eigenvalue weighted by molar-refractivity contribution is 6.30. The van der Waals surface area contributed by atoms with Crippen molar-refractivity contribution in [2.24, 2.45) is 0 Å². The van der Waals surface area contributed by atoms with Crippen LogP contribution in [-0.4, -0.2) is 47.0 Å². The lowest BCUT2D eigenvalue weighted by atomic mass is 9.94. The van der Waals surface area contributed by atoms with E-state index >= 15 is 0 Å². The minimum Gasteiger partial charge on any atom is -0.450 e. The van der Waals surface area contributed by atoms with Crippen LogP contribution in [0.3, 0.4) is 0 Å². The number of nitrogens with one attached hydrogen (secondary N) is 1. The number of nitrogens with zero attached hydrogens (tertiary/aromatic N) is 2. The fourth-order valence-electron chi connectivity index (χ4n) is 2.60. The van der Waals surface area contributed by atoms with Gasteiger partial charge in [-0.1, -0.05) is 11.6 Å². The quantitative estimate of drug-likeness (QED) is 0.841. The predicted octanol–water partition coefficient (Wildman–Crippen LogP) is 1.46. The number of pyridine rings is 1. The Morgan fingerprint density at radius 1 is 1.35 bits per heavy atom. The number of imide groups is 1. The highest BCUT2D eigenvalue weighted by atomic mass is 35.5. The van der Waals surface area contributed by atoms with Crippen LogP contribution in [0, 0.1) is 0 Å². The Labute approximate surface area is 137 Å². The molecule has 0 spiro atoms. The van der Waals surface area contributed by atoms with Crippen molar-refractivity contribution in [3.05, 3.63) is 35.3 Å². The van der Waals surface area contributed by atoms with Gasteiger partial charge in [-0.05, 0) is 25.9 Å². The summed E-state index contributed by atoms with van der Waals surface area (Å²) in [6.07, 6.45) is 4.38. The van der Waals surface area contributed by atoms with E-state index in [-0.39, 0.29) is 30.9 Å². The molecule has 0 unspecified atom stereocenters. The van der Waals surface area contributed by atoms with Gasteiger partial charge in [0.15, 0.2) is 5.76 Å². The van der Waals surface area contributed by atoms with Crippen LogP contribution >= 0.6 is 11.6 Å². The van der Waals surface area contributed by atoms with Gasteiger partial charge in [-0.15, -0.1) is 0 Å². The molecule has 2 amide bonds. The van der Waals surface area contributed by atoms with E-state index < -0.39 is 17.5 Å². The number of carbonyl (C=O) groups excluding carboxylic acids is 2. The van der Waals surface area contributed by atoms with Crippen molar-refractivity contribution in [1.82, 2.24) is 15.2 Å². The summed E-state index contributed by atoms with van der Waals surface area (Å²) in [5.41, 5.74) is -1.56. The van der Waals surface area contributed by atoms with E-state index in [9.17, 15) is 14.0 Å². The molecule has 2 aliphatic rings. The van der Waals surface area contributed by atoms with E-state index in [1.165, 1.54) is 18.5 Å². The Morgan fingerprint density at radius 2 is 2.09 bits per heavy atom. The van der Waals surface area contributed by atoms with Gasteiger partial charge >= 0.3 is 0 Å². The minimum absolute atomic E-state index is 0.156. The first-order valence-corrected chi connectivity index (χ1v) is 7.60. The molecular formula is C15H15ClFN3O3. The number of hydrogen-bond acceptors (Lipinski definition) is 5. The van der Waals surface area contributed by atoms with E-state index in [0.29, 0.717) is 18.1 Å². The smallest absolute Gasteiger partial charge is 0.296 e. The number of halogens is 2. The van der Waals surface area contributed by atoms with Crippen LogP contribution in [0.25, 0.3) is 0 Å². The SMILES string of the molecule is O=C1C=C(Oc2cncc(Cl)c2)C(=O)N1CC1(F)CCNCC1. The topological polar surface area (TPSA) is 71.5 Å². The molecule has 0 bridgehead atoms. The Morgan fingerprint density at radius 3 is 2.78 bits per heavy atom. The number of amides is 2. The normalized spacial score (nSPS) is 20.6. The second kappa shape index (κ2) is 6.25. The number of aromatic nitrogens is 1. The van der Waals surface area contributed by atoms with Crippen molar-refractivity contribution >= 4 is 23.4 Å². The first-order chi connectivity index (χ1) is 11.0. The molecule has 0 atom stereocenters. The molecule has 2 aliphatic heterocycles. The fourth-order valence-corrected chi connectivity index (χ4v) is 2.76. The Bertz CT molecular complexity index is 674. The van der Waals surface area contributed by atoms with Crippen molar-refractivity contribution < 1.29 is 18.7 Å². The van der Waals surface area contributed by atoms with Crippen LogP contribution in [0.15, 0.2) is 30.3 Å². The Kier molecular flexibility index (Phi) is 4.32. The summed E-state index contributed by atoms with van der Waals surface area (Å²) in [5.74, 6) is -1.14. The molecule has 6 nitrogen and oxygen atoms in total. The Hall–Kier alpha value is -1.99. The maximum absolute atomic E-state index is 14.7. The molecule has 1 saturated heterocycles. The van der Waals surface area contributed by atoms with Crippen molar-refractivity contribution in [2.45, 2.75) is 18.5 Å². The van der Waals surface area contributed by atoms with Crippen molar-refractivity contribution in [2.75, 3.05) is 19.6 Å². The van der Waals surface area contributed by atoms with Crippen LogP contribution < -0.4 is 10.1 Å². The van der Waals surface area contributed by atoms with Gasteiger partial charge in [0.05, 0.1) is 23.8 Å².